The monoisotopic (exact) mass is 484 g/mol. The van der Waals surface area contributed by atoms with Crippen molar-refractivity contribution in [3.8, 4) is 5.75 Å². The van der Waals surface area contributed by atoms with Gasteiger partial charge in [-0.25, -0.2) is 9.37 Å². The van der Waals surface area contributed by atoms with Crippen molar-refractivity contribution in [2.45, 2.75) is 19.5 Å². The number of carbonyl (C=O) groups excluding carboxylic acids is 2. The fourth-order valence-electron chi connectivity index (χ4n) is 3.85. The molecule has 8 heteroatoms. The van der Waals surface area contributed by atoms with E-state index in [4.69, 9.17) is 4.74 Å². The molecule has 0 saturated heterocycles. The molecule has 0 aliphatic carbocycles. The SMILES string of the molecule is COc1ccc(CN(C(=O)c2cnccn2)[C@@H](C(=O)Nc2ccc(F)cc2)c2ccccc2C)cc1. The van der Waals surface area contributed by atoms with Gasteiger partial charge in [-0.2, -0.15) is 0 Å². The molecule has 7 nitrogen and oxygen atoms in total. The maximum Gasteiger partial charge on any atom is 0.275 e. The Bertz CT molecular complexity index is 1330. The fraction of sp³-hybridized carbons (Fsp3) is 0.143. The molecule has 3 aromatic carbocycles. The van der Waals surface area contributed by atoms with Gasteiger partial charge in [0.25, 0.3) is 11.8 Å². The summed E-state index contributed by atoms with van der Waals surface area (Å²) in [5, 5.41) is 2.83. The predicted octanol–water partition coefficient (Wildman–Crippen LogP) is 4.96. The third-order valence-electron chi connectivity index (χ3n) is 5.71. The molecule has 0 aliphatic heterocycles. The zero-order valence-corrected chi connectivity index (χ0v) is 19.9. The molecule has 0 aliphatic rings. The van der Waals surface area contributed by atoms with Gasteiger partial charge in [0.2, 0.25) is 0 Å². The van der Waals surface area contributed by atoms with Crippen LogP contribution in [0.4, 0.5) is 10.1 Å². The first-order valence-electron chi connectivity index (χ1n) is 11.3. The summed E-state index contributed by atoms with van der Waals surface area (Å²) >= 11 is 0. The molecule has 0 saturated carbocycles. The Kier molecular flexibility index (Phi) is 7.65. The third kappa shape index (κ3) is 5.72. The van der Waals surface area contributed by atoms with Gasteiger partial charge in [-0.3, -0.25) is 14.6 Å². The third-order valence-corrected chi connectivity index (χ3v) is 5.71. The Morgan fingerprint density at radius 3 is 2.36 bits per heavy atom. The molecule has 182 valence electrons. The summed E-state index contributed by atoms with van der Waals surface area (Å²) in [5.41, 5.74) is 2.81. The Hall–Kier alpha value is -4.59. The molecule has 0 unspecified atom stereocenters. The van der Waals surface area contributed by atoms with Crippen LogP contribution in [0.3, 0.4) is 0 Å². The summed E-state index contributed by atoms with van der Waals surface area (Å²) < 4.78 is 18.7. The molecule has 0 fully saturated rings. The van der Waals surface area contributed by atoms with Crippen LogP contribution in [-0.4, -0.2) is 33.8 Å². The molecule has 1 aromatic heterocycles. The predicted molar refractivity (Wildman–Crippen MR) is 134 cm³/mol. The van der Waals surface area contributed by atoms with E-state index < -0.39 is 23.7 Å². The van der Waals surface area contributed by atoms with Crippen LogP contribution >= 0.6 is 0 Å². The summed E-state index contributed by atoms with van der Waals surface area (Å²) in [7, 11) is 1.58. The molecule has 1 atom stereocenters. The second-order valence-electron chi connectivity index (χ2n) is 8.13. The van der Waals surface area contributed by atoms with E-state index in [1.54, 1.807) is 19.2 Å². The number of carbonyl (C=O) groups is 2. The van der Waals surface area contributed by atoms with Crippen LogP contribution in [0.1, 0.15) is 33.2 Å². The maximum atomic E-state index is 13.8. The van der Waals surface area contributed by atoms with Gasteiger partial charge in [0.15, 0.2) is 0 Å². The standard InChI is InChI=1S/C28H25FN4O3/c1-19-5-3-4-6-24(19)26(27(34)32-22-11-9-21(29)10-12-22)33(28(35)25-17-30-15-16-31-25)18-20-7-13-23(36-2)14-8-20/h3-17,26H,18H2,1-2H3,(H,32,34)/t26-/m1/s1. The number of methoxy groups -OCH3 is 1. The van der Waals surface area contributed by atoms with E-state index in [1.807, 2.05) is 43.3 Å². The number of hydrogen-bond acceptors (Lipinski definition) is 5. The van der Waals surface area contributed by atoms with E-state index in [0.29, 0.717) is 17.0 Å². The Balaban J connectivity index is 1.79. The van der Waals surface area contributed by atoms with E-state index in [-0.39, 0.29) is 12.2 Å². The average Bonchev–Trinajstić information content (AvgIpc) is 2.91. The van der Waals surface area contributed by atoms with E-state index in [1.165, 1.54) is 47.8 Å². The molecule has 0 bridgehead atoms. The molecule has 4 aromatic rings. The zero-order chi connectivity index (χ0) is 25.5. The van der Waals surface area contributed by atoms with E-state index in [2.05, 4.69) is 15.3 Å². The summed E-state index contributed by atoms with van der Waals surface area (Å²) in [4.78, 5) is 37.2. The Morgan fingerprint density at radius 1 is 1.00 bits per heavy atom. The number of ether oxygens (including phenoxy) is 1. The molecule has 4 rings (SSSR count). The zero-order valence-electron chi connectivity index (χ0n) is 19.9. The van der Waals surface area contributed by atoms with Crippen molar-refractivity contribution in [2.24, 2.45) is 0 Å². The Labute approximate surface area is 208 Å². The molecule has 2 amide bonds. The van der Waals surface area contributed by atoms with Gasteiger partial charge in [0.1, 0.15) is 23.3 Å². The van der Waals surface area contributed by atoms with Crippen molar-refractivity contribution in [1.29, 1.82) is 0 Å². The van der Waals surface area contributed by atoms with E-state index in [9.17, 15) is 14.0 Å². The minimum atomic E-state index is -1.01. The minimum Gasteiger partial charge on any atom is -0.497 e. The summed E-state index contributed by atoms with van der Waals surface area (Å²) in [6.45, 7) is 2.00. The van der Waals surface area contributed by atoms with E-state index in [0.717, 1.165) is 11.1 Å². The van der Waals surface area contributed by atoms with Crippen LogP contribution in [0, 0.1) is 12.7 Å². The second kappa shape index (κ2) is 11.2. The lowest BCUT2D eigenvalue weighted by molar-refractivity contribution is -0.121. The molecular weight excluding hydrogens is 459 g/mol. The number of anilines is 1. The van der Waals surface area contributed by atoms with Crippen molar-refractivity contribution in [1.82, 2.24) is 14.9 Å². The second-order valence-corrected chi connectivity index (χ2v) is 8.13. The topological polar surface area (TPSA) is 84.4 Å². The van der Waals surface area contributed by atoms with Gasteiger partial charge in [-0.15, -0.1) is 0 Å². The quantitative estimate of drug-likeness (QED) is 0.382. The normalized spacial score (nSPS) is 11.4. The summed E-state index contributed by atoms with van der Waals surface area (Å²) in [6.07, 6.45) is 4.28. The van der Waals surface area contributed by atoms with Crippen molar-refractivity contribution in [3.63, 3.8) is 0 Å². The number of nitrogens with one attached hydrogen (secondary N) is 1. The number of hydrogen-bond donors (Lipinski definition) is 1. The number of benzene rings is 3. The molecule has 36 heavy (non-hydrogen) atoms. The van der Waals surface area contributed by atoms with Crippen LogP contribution in [0.25, 0.3) is 0 Å². The summed E-state index contributed by atoms with van der Waals surface area (Å²) in [6, 6.07) is 19.1. The van der Waals surface area contributed by atoms with Gasteiger partial charge < -0.3 is 15.0 Å². The van der Waals surface area contributed by atoms with Crippen LogP contribution in [0.15, 0.2) is 91.4 Å². The first-order chi connectivity index (χ1) is 17.5. The largest absolute Gasteiger partial charge is 0.497 e. The number of amides is 2. The van der Waals surface area contributed by atoms with Gasteiger partial charge in [0.05, 0.1) is 13.3 Å². The highest BCUT2D eigenvalue weighted by molar-refractivity contribution is 6.01. The first kappa shape index (κ1) is 24.5. The highest BCUT2D eigenvalue weighted by Crippen LogP contribution is 2.29. The van der Waals surface area contributed by atoms with Crippen LogP contribution < -0.4 is 10.1 Å². The molecular formula is C28H25FN4O3. The maximum absolute atomic E-state index is 13.8. The number of nitrogens with zero attached hydrogens (tertiary/aromatic N) is 3. The van der Waals surface area contributed by atoms with E-state index >= 15 is 0 Å². The van der Waals surface area contributed by atoms with Crippen LogP contribution in [0.2, 0.25) is 0 Å². The van der Waals surface area contributed by atoms with Crippen LogP contribution in [0.5, 0.6) is 5.75 Å². The van der Waals surface area contributed by atoms with Gasteiger partial charge in [-0.1, -0.05) is 36.4 Å². The van der Waals surface area contributed by atoms with Crippen molar-refractivity contribution in [2.75, 3.05) is 12.4 Å². The lowest BCUT2D eigenvalue weighted by atomic mass is 9.97. The lowest BCUT2D eigenvalue weighted by Gasteiger charge is -2.32. The number of rotatable bonds is 8. The highest BCUT2D eigenvalue weighted by atomic mass is 19.1. The van der Waals surface area contributed by atoms with Crippen molar-refractivity contribution in [3.05, 3.63) is 120 Å². The minimum absolute atomic E-state index is 0.110. The number of aromatic nitrogens is 2. The lowest BCUT2D eigenvalue weighted by Crippen LogP contribution is -2.41. The van der Waals surface area contributed by atoms with Crippen molar-refractivity contribution < 1.29 is 18.7 Å². The van der Waals surface area contributed by atoms with Gasteiger partial charge in [-0.05, 0) is 60.0 Å². The number of halogens is 1. The average molecular weight is 485 g/mol. The Morgan fingerprint density at radius 2 is 1.72 bits per heavy atom. The molecule has 0 spiro atoms. The number of aryl methyl sites for hydroxylation is 1. The van der Waals surface area contributed by atoms with Crippen LogP contribution in [-0.2, 0) is 11.3 Å². The van der Waals surface area contributed by atoms with Crippen molar-refractivity contribution >= 4 is 17.5 Å². The highest BCUT2D eigenvalue weighted by Gasteiger charge is 2.34. The summed E-state index contributed by atoms with van der Waals surface area (Å²) in [5.74, 6) is -0.638. The molecule has 1 heterocycles. The fourth-order valence-corrected chi connectivity index (χ4v) is 3.85. The molecule has 0 radical (unpaired) electrons. The molecule has 1 N–H and O–H groups in total. The first-order valence-corrected chi connectivity index (χ1v) is 11.3. The smallest absolute Gasteiger partial charge is 0.275 e. The van der Waals surface area contributed by atoms with Gasteiger partial charge in [0, 0.05) is 24.6 Å². The van der Waals surface area contributed by atoms with Gasteiger partial charge >= 0.3 is 0 Å².